The van der Waals surface area contributed by atoms with E-state index in [1.54, 1.807) is 25.3 Å². The molecule has 0 heterocycles. The van der Waals surface area contributed by atoms with Crippen LogP contribution in [0.1, 0.15) is 22.8 Å². The normalized spacial score (nSPS) is 12.3. The number of aryl methyl sites for hydroxylation is 1. The number of aliphatic hydroxyl groups excluding tert-OH is 1. The molecule has 0 aromatic heterocycles. The molecule has 2 nitrogen and oxygen atoms in total. The van der Waals surface area contributed by atoms with Crippen LogP contribution in [0.25, 0.3) is 0 Å². The smallest absolute Gasteiger partial charge is 0.139 e. The van der Waals surface area contributed by atoms with Gasteiger partial charge in [-0.3, -0.25) is 0 Å². The van der Waals surface area contributed by atoms with Crippen LogP contribution in [0, 0.1) is 6.92 Å². The first-order valence-electron chi connectivity index (χ1n) is 5.91. The van der Waals surface area contributed by atoms with Gasteiger partial charge in [0, 0.05) is 21.2 Å². The molecule has 0 amide bonds. The summed E-state index contributed by atoms with van der Waals surface area (Å²) in [6, 6.07) is 8.90. The lowest BCUT2D eigenvalue weighted by Gasteiger charge is -2.18. The molecular weight excluding hydrogens is 363 g/mol. The van der Waals surface area contributed by atoms with E-state index in [1.807, 2.05) is 19.1 Å². The molecule has 0 saturated heterocycles. The predicted molar refractivity (Wildman–Crippen MR) is 86.0 cm³/mol. The highest BCUT2D eigenvalue weighted by atomic mass is 79.9. The minimum absolute atomic E-state index is 0.509. The standard InChI is InChI=1S/C15H13BrCl2O2/c1-8-3-4-10(13(18)5-8)14(19)11-6-9(17)7-12(16)15(11)20-2/h3-7,14,19H,1-2H3. The van der Waals surface area contributed by atoms with Crippen LogP contribution >= 0.6 is 39.1 Å². The van der Waals surface area contributed by atoms with Gasteiger partial charge in [-0.1, -0.05) is 35.3 Å². The lowest BCUT2D eigenvalue weighted by molar-refractivity contribution is 0.214. The lowest BCUT2D eigenvalue weighted by Crippen LogP contribution is -2.04. The Bertz CT molecular complexity index is 644. The summed E-state index contributed by atoms with van der Waals surface area (Å²) >= 11 is 15.6. The van der Waals surface area contributed by atoms with Gasteiger partial charge in [0.05, 0.1) is 11.6 Å². The maximum absolute atomic E-state index is 10.6. The zero-order valence-corrected chi connectivity index (χ0v) is 14.1. The SMILES string of the molecule is COc1c(Br)cc(Cl)cc1C(O)c1ccc(C)cc1Cl. The summed E-state index contributed by atoms with van der Waals surface area (Å²) in [4.78, 5) is 0. The Balaban J connectivity index is 2.55. The molecule has 2 aromatic rings. The molecule has 20 heavy (non-hydrogen) atoms. The molecular formula is C15H13BrCl2O2. The Labute approximate surface area is 136 Å². The fourth-order valence-electron chi connectivity index (χ4n) is 2.02. The first-order valence-corrected chi connectivity index (χ1v) is 7.46. The molecule has 0 aliphatic heterocycles. The topological polar surface area (TPSA) is 29.5 Å². The molecule has 0 saturated carbocycles. The first kappa shape index (κ1) is 15.6. The van der Waals surface area contributed by atoms with Gasteiger partial charge in [0.25, 0.3) is 0 Å². The van der Waals surface area contributed by atoms with Crippen LogP contribution < -0.4 is 4.74 Å². The molecule has 0 aliphatic carbocycles. The van der Waals surface area contributed by atoms with Crippen LogP contribution in [0.4, 0.5) is 0 Å². The molecule has 0 radical (unpaired) electrons. The number of hydrogen-bond acceptors (Lipinski definition) is 2. The Morgan fingerprint density at radius 1 is 1.15 bits per heavy atom. The molecule has 0 bridgehead atoms. The maximum atomic E-state index is 10.6. The summed E-state index contributed by atoms with van der Waals surface area (Å²) in [6.45, 7) is 1.94. The van der Waals surface area contributed by atoms with E-state index in [-0.39, 0.29) is 0 Å². The fraction of sp³-hybridized carbons (Fsp3) is 0.200. The number of hydrogen-bond donors (Lipinski definition) is 1. The van der Waals surface area contributed by atoms with Gasteiger partial charge in [0.15, 0.2) is 0 Å². The van der Waals surface area contributed by atoms with E-state index in [9.17, 15) is 5.11 Å². The van der Waals surface area contributed by atoms with Crippen LogP contribution in [-0.2, 0) is 0 Å². The van der Waals surface area contributed by atoms with Crippen molar-refractivity contribution in [3.8, 4) is 5.75 Å². The van der Waals surface area contributed by atoms with Gasteiger partial charge in [0.1, 0.15) is 11.9 Å². The van der Waals surface area contributed by atoms with E-state index >= 15 is 0 Å². The quantitative estimate of drug-likeness (QED) is 0.803. The Morgan fingerprint density at radius 3 is 2.45 bits per heavy atom. The van der Waals surface area contributed by atoms with Crippen molar-refractivity contribution in [1.82, 2.24) is 0 Å². The minimum Gasteiger partial charge on any atom is -0.495 e. The summed E-state index contributed by atoms with van der Waals surface area (Å²) in [5.41, 5.74) is 2.22. The number of rotatable bonds is 3. The third-order valence-corrected chi connectivity index (χ3v) is 4.12. The van der Waals surface area contributed by atoms with Crippen LogP contribution in [0.15, 0.2) is 34.8 Å². The number of halogens is 3. The van der Waals surface area contributed by atoms with Crippen molar-refractivity contribution in [2.24, 2.45) is 0 Å². The summed E-state index contributed by atoms with van der Waals surface area (Å²) in [5.74, 6) is 0.540. The second-order valence-electron chi connectivity index (χ2n) is 4.44. The van der Waals surface area contributed by atoms with Crippen molar-refractivity contribution in [3.63, 3.8) is 0 Å². The van der Waals surface area contributed by atoms with E-state index in [2.05, 4.69) is 15.9 Å². The Morgan fingerprint density at radius 2 is 1.85 bits per heavy atom. The van der Waals surface area contributed by atoms with Crippen LogP contribution in [0.2, 0.25) is 10.0 Å². The van der Waals surface area contributed by atoms with E-state index in [0.29, 0.717) is 31.4 Å². The summed E-state index contributed by atoms with van der Waals surface area (Å²) < 4.78 is 6.01. The third kappa shape index (κ3) is 3.12. The van der Waals surface area contributed by atoms with E-state index in [0.717, 1.165) is 5.56 Å². The number of ether oxygens (including phenoxy) is 1. The van der Waals surface area contributed by atoms with E-state index in [1.165, 1.54) is 0 Å². The van der Waals surface area contributed by atoms with Gasteiger partial charge >= 0.3 is 0 Å². The monoisotopic (exact) mass is 374 g/mol. The molecule has 1 atom stereocenters. The van der Waals surface area contributed by atoms with Gasteiger partial charge in [-0.2, -0.15) is 0 Å². The zero-order chi connectivity index (χ0) is 14.9. The summed E-state index contributed by atoms with van der Waals surface area (Å²) in [6.07, 6.45) is -0.909. The van der Waals surface area contributed by atoms with Gasteiger partial charge in [-0.15, -0.1) is 0 Å². The average Bonchev–Trinajstić information content (AvgIpc) is 2.37. The summed E-state index contributed by atoms with van der Waals surface area (Å²) in [5, 5.41) is 11.6. The molecule has 106 valence electrons. The lowest BCUT2D eigenvalue weighted by atomic mass is 9.99. The van der Waals surface area contributed by atoms with Crippen molar-refractivity contribution < 1.29 is 9.84 Å². The van der Waals surface area contributed by atoms with Gasteiger partial charge in [-0.05, 0) is 46.6 Å². The van der Waals surface area contributed by atoms with E-state index < -0.39 is 6.10 Å². The maximum Gasteiger partial charge on any atom is 0.139 e. The highest BCUT2D eigenvalue weighted by molar-refractivity contribution is 9.10. The van der Waals surface area contributed by atoms with Gasteiger partial charge in [-0.25, -0.2) is 0 Å². The molecule has 2 rings (SSSR count). The predicted octanol–water partition coefficient (Wildman–Crippen LogP) is 5.15. The number of methoxy groups -OCH3 is 1. The second-order valence-corrected chi connectivity index (χ2v) is 6.14. The Kier molecular flexibility index (Phi) is 4.97. The molecule has 0 spiro atoms. The molecule has 0 aliphatic rings. The average molecular weight is 376 g/mol. The molecule has 1 N–H and O–H groups in total. The molecule has 5 heteroatoms. The third-order valence-electron chi connectivity index (χ3n) is 2.99. The van der Waals surface area contributed by atoms with Crippen LogP contribution in [-0.4, -0.2) is 12.2 Å². The number of benzene rings is 2. The summed E-state index contributed by atoms with van der Waals surface area (Å²) in [7, 11) is 1.54. The Hall–Kier alpha value is -0.740. The van der Waals surface area contributed by atoms with Gasteiger partial charge in [0.2, 0.25) is 0 Å². The minimum atomic E-state index is -0.909. The van der Waals surface area contributed by atoms with Gasteiger partial charge < -0.3 is 9.84 Å². The fourth-order valence-corrected chi connectivity index (χ4v) is 3.35. The van der Waals surface area contributed by atoms with E-state index in [4.69, 9.17) is 27.9 Å². The molecule has 1 unspecified atom stereocenters. The van der Waals surface area contributed by atoms with Crippen molar-refractivity contribution in [2.75, 3.05) is 7.11 Å². The van der Waals surface area contributed by atoms with Crippen molar-refractivity contribution in [2.45, 2.75) is 13.0 Å². The van der Waals surface area contributed by atoms with Crippen molar-refractivity contribution in [1.29, 1.82) is 0 Å². The molecule has 0 fully saturated rings. The zero-order valence-electron chi connectivity index (χ0n) is 11.0. The highest BCUT2D eigenvalue weighted by Gasteiger charge is 2.20. The van der Waals surface area contributed by atoms with Crippen molar-refractivity contribution >= 4 is 39.1 Å². The second kappa shape index (κ2) is 6.35. The van der Waals surface area contributed by atoms with Crippen LogP contribution in [0.5, 0.6) is 5.75 Å². The molecule has 2 aromatic carbocycles. The first-order chi connectivity index (χ1) is 9.43. The van der Waals surface area contributed by atoms with Crippen molar-refractivity contribution in [3.05, 3.63) is 61.5 Å². The highest BCUT2D eigenvalue weighted by Crippen LogP contribution is 2.39. The largest absolute Gasteiger partial charge is 0.495 e. The number of aliphatic hydroxyl groups is 1. The van der Waals surface area contributed by atoms with Crippen LogP contribution in [0.3, 0.4) is 0 Å².